The van der Waals surface area contributed by atoms with E-state index in [4.69, 9.17) is 28.3 Å². The molecule has 0 heterocycles. The number of hydrogen-bond donors (Lipinski definition) is 2. The fourth-order valence-corrected chi connectivity index (χ4v) is 2.30. The summed E-state index contributed by atoms with van der Waals surface area (Å²) in [6.45, 7) is 3.74. The number of carbonyl (C=O) groups excluding carboxylic acids is 1. The molecular weight excluding hydrogens is 293 g/mol. The van der Waals surface area contributed by atoms with Crippen LogP contribution in [-0.2, 0) is 4.79 Å². The summed E-state index contributed by atoms with van der Waals surface area (Å²) in [6.07, 6.45) is 0. The minimum Gasteiger partial charge on any atom is -0.395 e. The molecule has 1 atom stereocenters. The van der Waals surface area contributed by atoms with E-state index >= 15 is 0 Å². The summed E-state index contributed by atoms with van der Waals surface area (Å²) in [6, 6.07) is 3.49. The Hall–Kier alpha value is -0.420. The SMILES string of the molecule is Cc1ccc(Cl)c(NC(=O)CSC(C)CO)c1Cl. The molecule has 1 amide bonds. The zero-order valence-corrected chi connectivity index (χ0v) is 12.5. The van der Waals surface area contributed by atoms with Gasteiger partial charge in [0.05, 0.1) is 28.1 Å². The van der Waals surface area contributed by atoms with Crippen molar-refractivity contribution in [2.45, 2.75) is 19.1 Å². The molecule has 18 heavy (non-hydrogen) atoms. The molecule has 0 aliphatic heterocycles. The molecule has 1 rings (SSSR count). The van der Waals surface area contributed by atoms with Gasteiger partial charge in [-0.2, -0.15) is 0 Å². The van der Waals surface area contributed by atoms with Crippen LogP contribution < -0.4 is 5.32 Å². The van der Waals surface area contributed by atoms with Gasteiger partial charge in [-0.15, -0.1) is 11.8 Å². The normalized spacial score (nSPS) is 12.3. The number of hydrogen-bond acceptors (Lipinski definition) is 3. The van der Waals surface area contributed by atoms with Crippen LogP contribution in [-0.4, -0.2) is 28.6 Å². The fraction of sp³-hybridized carbons (Fsp3) is 0.417. The molecule has 3 nitrogen and oxygen atoms in total. The lowest BCUT2D eigenvalue weighted by molar-refractivity contribution is -0.113. The Morgan fingerprint density at radius 1 is 1.50 bits per heavy atom. The van der Waals surface area contributed by atoms with Crippen molar-refractivity contribution in [3.05, 3.63) is 27.7 Å². The molecule has 0 aliphatic rings. The highest BCUT2D eigenvalue weighted by atomic mass is 35.5. The third kappa shape index (κ3) is 4.35. The summed E-state index contributed by atoms with van der Waals surface area (Å²) in [5.74, 6) is 0.0668. The fourth-order valence-electron chi connectivity index (χ4n) is 1.22. The number of aryl methyl sites for hydroxylation is 1. The van der Waals surface area contributed by atoms with Crippen LogP contribution in [0.3, 0.4) is 0 Å². The van der Waals surface area contributed by atoms with Crippen molar-refractivity contribution in [1.29, 1.82) is 0 Å². The lowest BCUT2D eigenvalue weighted by Gasteiger charge is -2.12. The highest BCUT2D eigenvalue weighted by molar-refractivity contribution is 8.00. The van der Waals surface area contributed by atoms with Gasteiger partial charge in [0.1, 0.15) is 0 Å². The molecular formula is C12H15Cl2NO2S. The minimum absolute atomic E-state index is 0.0270. The predicted octanol–water partition coefficient (Wildman–Crippen LogP) is 3.35. The number of halogens is 2. The first-order valence-corrected chi connectivity index (χ1v) is 7.23. The molecule has 0 spiro atoms. The molecule has 6 heteroatoms. The molecule has 0 fully saturated rings. The van der Waals surface area contributed by atoms with E-state index in [0.717, 1.165) is 5.56 Å². The zero-order chi connectivity index (χ0) is 13.7. The minimum atomic E-state index is -0.185. The number of aliphatic hydroxyl groups excluding tert-OH is 1. The predicted molar refractivity (Wildman–Crippen MR) is 78.8 cm³/mol. The van der Waals surface area contributed by atoms with Crippen LogP contribution in [0.25, 0.3) is 0 Å². The Balaban J connectivity index is 2.68. The maximum absolute atomic E-state index is 11.7. The van der Waals surface area contributed by atoms with Crippen LogP contribution in [0.1, 0.15) is 12.5 Å². The molecule has 1 aromatic carbocycles. The van der Waals surface area contributed by atoms with Gasteiger partial charge in [-0.05, 0) is 18.6 Å². The summed E-state index contributed by atoms with van der Waals surface area (Å²) in [5.41, 5.74) is 1.30. The molecule has 0 aromatic heterocycles. The number of benzene rings is 1. The van der Waals surface area contributed by atoms with Gasteiger partial charge in [-0.1, -0.05) is 36.2 Å². The third-order valence-corrected chi connectivity index (χ3v) is 4.25. The number of carbonyl (C=O) groups is 1. The van der Waals surface area contributed by atoms with Gasteiger partial charge >= 0.3 is 0 Å². The molecule has 2 N–H and O–H groups in total. The van der Waals surface area contributed by atoms with E-state index < -0.39 is 0 Å². The summed E-state index contributed by atoms with van der Waals surface area (Å²) in [4.78, 5) is 11.7. The summed E-state index contributed by atoms with van der Waals surface area (Å²) < 4.78 is 0. The number of thioether (sulfide) groups is 1. The van der Waals surface area contributed by atoms with Crippen molar-refractivity contribution in [1.82, 2.24) is 0 Å². The first kappa shape index (κ1) is 15.6. The van der Waals surface area contributed by atoms with Crippen molar-refractivity contribution in [3.63, 3.8) is 0 Å². The molecule has 0 radical (unpaired) electrons. The average molecular weight is 308 g/mol. The van der Waals surface area contributed by atoms with Crippen LogP contribution in [0.5, 0.6) is 0 Å². The highest BCUT2D eigenvalue weighted by Crippen LogP contribution is 2.32. The van der Waals surface area contributed by atoms with Crippen molar-refractivity contribution in [2.24, 2.45) is 0 Å². The second-order valence-electron chi connectivity index (χ2n) is 3.91. The van der Waals surface area contributed by atoms with Crippen LogP contribution >= 0.6 is 35.0 Å². The zero-order valence-electron chi connectivity index (χ0n) is 10.2. The van der Waals surface area contributed by atoms with Gasteiger partial charge in [-0.25, -0.2) is 0 Å². The number of aliphatic hydroxyl groups is 1. The Kier molecular flexibility index (Phi) is 6.29. The maximum atomic E-state index is 11.7. The van der Waals surface area contributed by atoms with E-state index in [1.165, 1.54) is 11.8 Å². The number of amides is 1. The molecule has 1 unspecified atom stereocenters. The smallest absolute Gasteiger partial charge is 0.234 e. The second kappa shape index (κ2) is 7.24. The molecule has 100 valence electrons. The number of anilines is 1. The van der Waals surface area contributed by atoms with E-state index in [9.17, 15) is 4.79 Å². The average Bonchev–Trinajstić information content (AvgIpc) is 2.36. The van der Waals surface area contributed by atoms with Crippen LogP contribution in [0.2, 0.25) is 10.0 Å². The second-order valence-corrected chi connectivity index (χ2v) is 6.12. The van der Waals surface area contributed by atoms with Gasteiger partial charge in [0.2, 0.25) is 5.91 Å². The monoisotopic (exact) mass is 307 g/mol. The largest absolute Gasteiger partial charge is 0.395 e. The maximum Gasteiger partial charge on any atom is 0.234 e. The first-order chi connectivity index (χ1) is 8.45. The van der Waals surface area contributed by atoms with Gasteiger partial charge in [0, 0.05) is 5.25 Å². The van der Waals surface area contributed by atoms with Gasteiger partial charge in [0.15, 0.2) is 0 Å². The lowest BCUT2D eigenvalue weighted by Crippen LogP contribution is -2.17. The summed E-state index contributed by atoms with van der Waals surface area (Å²) >= 11 is 13.4. The Bertz CT molecular complexity index is 440. The number of rotatable bonds is 5. The Labute approximate surface area is 121 Å². The van der Waals surface area contributed by atoms with Gasteiger partial charge < -0.3 is 10.4 Å². The summed E-state index contributed by atoms with van der Waals surface area (Å²) in [7, 11) is 0. The van der Waals surface area contributed by atoms with Crippen LogP contribution in [0.4, 0.5) is 5.69 Å². The van der Waals surface area contributed by atoms with E-state index in [1.54, 1.807) is 12.1 Å². The molecule has 0 saturated heterocycles. The highest BCUT2D eigenvalue weighted by Gasteiger charge is 2.12. The standard InChI is InChI=1S/C12H15Cl2NO2S/c1-7-3-4-9(13)12(11(7)14)15-10(17)6-18-8(2)5-16/h3-4,8,16H,5-6H2,1-2H3,(H,15,17). The van der Waals surface area contributed by atoms with E-state index in [-0.39, 0.29) is 23.5 Å². The third-order valence-electron chi connectivity index (χ3n) is 2.30. The first-order valence-electron chi connectivity index (χ1n) is 5.42. The van der Waals surface area contributed by atoms with Crippen LogP contribution in [0.15, 0.2) is 12.1 Å². The Morgan fingerprint density at radius 3 is 2.78 bits per heavy atom. The number of nitrogens with one attached hydrogen (secondary N) is 1. The van der Waals surface area contributed by atoms with Gasteiger partial charge in [-0.3, -0.25) is 4.79 Å². The van der Waals surface area contributed by atoms with E-state index in [2.05, 4.69) is 5.32 Å². The molecule has 1 aromatic rings. The van der Waals surface area contributed by atoms with Gasteiger partial charge in [0.25, 0.3) is 0 Å². The van der Waals surface area contributed by atoms with Crippen LogP contribution in [0, 0.1) is 6.92 Å². The van der Waals surface area contributed by atoms with E-state index in [1.807, 2.05) is 13.8 Å². The molecule has 0 bridgehead atoms. The quantitative estimate of drug-likeness (QED) is 0.877. The van der Waals surface area contributed by atoms with Crippen molar-refractivity contribution >= 4 is 46.6 Å². The molecule has 0 saturated carbocycles. The Morgan fingerprint density at radius 2 is 2.17 bits per heavy atom. The van der Waals surface area contributed by atoms with Crippen molar-refractivity contribution in [3.8, 4) is 0 Å². The lowest BCUT2D eigenvalue weighted by atomic mass is 10.2. The molecule has 0 aliphatic carbocycles. The topological polar surface area (TPSA) is 49.3 Å². The summed E-state index contributed by atoms with van der Waals surface area (Å²) in [5, 5.41) is 12.5. The van der Waals surface area contributed by atoms with Crippen molar-refractivity contribution in [2.75, 3.05) is 17.7 Å². The van der Waals surface area contributed by atoms with Crippen molar-refractivity contribution < 1.29 is 9.90 Å². The van der Waals surface area contributed by atoms with E-state index in [0.29, 0.717) is 15.7 Å².